The van der Waals surface area contributed by atoms with E-state index >= 15 is 0 Å². The maximum absolute atomic E-state index is 13.8. The lowest BCUT2D eigenvalue weighted by molar-refractivity contribution is 0.102. The largest absolute Gasteiger partial charge is 0.319 e. The second-order valence-corrected chi connectivity index (χ2v) is 4.95. The van der Waals surface area contributed by atoms with E-state index in [1.807, 2.05) is 0 Å². The molecule has 0 atom stereocenters. The van der Waals surface area contributed by atoms with Gasteiger partial charge in [0.2, 0.25) is 0 Å². The minimum Gasteiger partial charge on any atom is -0.319 e. The van der Waals surface area contributed by atoms with Crippen LogP contribution < -0.4 is 5.32 Å². The summed E-state index contributed by atoms with van der Waals surface area (Å²) in [5.74, 6) is -1.96. The van der Waals surface area contributed by atoms with Crippen molar-refractivity contribution >= 4 is 34.8 Å². The first-order chi connectivity index (χ1) is 9.40. The number of aryl methyl sites for hydroxylation is 1. The van der Waals surface area contributed by atoms with E-state index in [1.165, 1.54) is 6.07 Å². The first-order valence-electron chi connectivity index (χ1n) is 5.61. The number of nitrogens with one attached hydrogen (secondary N) is 1. The van der Waals surface area contributed by atoms with Gasteiger partial charge in [0.1, 0.15) is 11.6 Å². The number of hydrogen-bond donors (Lipinski definition) is 1. The van der Waals surface area contributed by atoms with Crippen LogP contribution in [0.2, 0.25) is 10.0 Å². The Hall–Kier alpha value is -1.65. The fourth-order valence-electron chi connectivity index (χ4n) is 1.67. The number of anilines is 1. The minimum absolute atomic E-state index is 0.0423. The van der Waals surface area contributed by atoms with Gasteiger partial charge < -0.3 is 5.32 Å². The number of rotatable bonds is 2. The van der Waals surface area contributed by atoms with Crippen molar-refractivity contribution in [3.05, 3.63) is 63.1 Å². The molecule has 2 rings (SSSR count). The van der Waals surface area contributed by atoms with Gasteiger partial charge in [0.15, 0.2) is 0 Å². The molecule has 0 saturated carbocycles. The molecule has 0 aliphatic heterocycles. The molecule has 2 aromatic rings. The van der Waals surface area contributed by atoms with E-state index in [4.69, 9.17) is 23.2 Å². The number of halogens is 4. The van der Waals surface area contributed by atoms with Gasteiger partial charge in [-0.25, -0.2) is 8.78 Å². The van der Waals surface area contributed by atoms with Crippen molar-refractivity contribution in [2.75, 3.05) is 5.32 Å². The monoisotopic (exact) mass is 315 g/mol. The van der Waals surface area contributed by atoms with Gasteiger partial charge in [-0.3, -0.25) is 4.79 Å². The van der Waals surface area contributed by atoms with Gasteiger partial charge >= 0.3 is 0 Å². The SMILES string of the molecule is Cc1cccc(C(=O)Nc2c(Cl)cc(F)cc2Cl)c1F. The molecule has 2 nitrogen and oxygen atoms in total. The Morgan fingerprint density at radius 1 is 1.15 bits per heavy atom. The van der Waals surface area contributed by atoms with Gasteiger partial charge in [0, 0.05) is 0 Å². The van der Waals surface area contributed by atoms with E-state index in [-0.39, 0.29) is 21.3 Å². The molecule has 0 fully saturated rings. The highest BCUT2D eigenvalue weighted by Gasteiger charge is 2.16. The van der Waals surface area contributed by atoms with Crippen molar-refractivity contribution in [3.63, 3.8) is 0 Å². The van der Waals surface area contributed by atoms with Crippen molar-refractivity contribution in [1.29, 1.82) is 0 Å². The van der Waals surface area contributed by atoms with Gasteiger partial charge in [-0.1, -0.05) is 35.3 Å². The fourth-order valence-corrected chi connectivity index (χ4v) is 2.22. The van der Waals surface area contributed by atoms with Crippen molar-refractivity contribution < 1.29 is 13.6 Å². The summed E-state index contributed by atoms with van der Waals surface area (Å²) in [4.78, 5) is 12.0. The molecule has 104 valence electrons. The summed E-state index contributed by atoms with van der Waals surface area (Å²) in [5.41, 5.74) is 0.246. The Kier molecular flexibility index (Phi) is 4.26. The molecule has 0 radical (unpaired) electrons. The second-order valence-electron chi connectivity index (χ2n) is 4.14. The summed E-state index contributed by atoms with van der Waals surface area (Å²) in [5, 5.41) is 2.26. The molecular formula is C14H9Cl2F2NO. The highest BCUT2D eigenvalue weighted by atomic mass is 35.5. The smallest absolute Gasteiger partial charge is 0.258 e. The number of carbonyl (C=O) groups excluding carboxylic acids is 1. The molecule has 0 aliphatic carbocycles. The Labute approximate surface area is 124 Å². The first-order valence-corrected chi connectivity index (χ1v) is 6.36. The lowest BCUT2D eigenvalue weighted by Gasteiger charge is -2.10. The normalized spacial score (nSPS) is 10.4. The van der Waals surface area contributed by atoms with E-state index in [2.05, 4.69) is 5.32 Å². The maximum Gasteiger partial charge on any atom is 0.258 e. The number of carbonyl (C=O) groups is 1. The molecule has 0 aliphatic rings. The highest BCUT2D eigenvalue weighted by molar-refractivity contribution is 6.40. The lowest BCUT2D eigenvalue weighted by Crippen LogP contribution is -2.15. The molecule has 1 N–H and O–H groups in total. The van der Waals surface area contributed by atoms with E-state index < -0.39 is 17.5 Å². The van der Waals surface area contributed by atoms with Crippen molar-refractivity contribution in [2.24, 2.45) is 0 Å². The zero-order valence-corrected chi connectivity index (χ0v) is 11.8. The average molecular weight is 316 g/mol. The zero-order chi connectivity index (χ0) is 14.9. The number of amides is 1. The lowest BCUT2D eigenvalue weighted by atomic mass is 10.1. The Morgan fingerprint density at radius 3 is 2.35 bits per heavy atom. The van der Waals surface area contributed by atoms with E-state index in [9.17, 15) is 13.6 Å². The van der Waals surface area contributed by atoms with Crippen LogP contribution in [0.3, 0.4) is 0 Å². The topological polar surface area (TPSA) is 29.1 Å². The predicted molar refractivity (Wildman–Crippen MR) is 75.5 cm³/mol. The molecule has 0 saturated heterocycles. The third-order valence-corrected chi connectivity index (χ3v) is 3.28. The average Bonchev–Trinajstić information content (AvgIpc) is 2.36. The zero-order valence-electron chi connectivity index (χ0n) is 10.3. The van der Waals surface area contributed by atoms with Gasteiger partial charge in [0.25, 0.3) is 5.91 Å². The molecule has 0 aromatic heterocycles. The van der Waals surface area contributed by atoms with Gasteiger partial charge in [-0.15, -0.1) is 0 Å². The quantitative estimate of drug-likeness (QED) is 0.844. The predicted octanol–water partition coefficient (Wildman–Crippen LogP) is 4.83. The van der Waals surface area contributed by atoms with Gasteiger partial charge in [-0.05, 0) is 30.7 Å². The molecule has 0 spiro atoms. The van der Waals surface area contributed by atoms with Gasteiger partial charge in [0.05, 0.1) is 21.3 Å². The molecule has 1 amide bonds. The number of hydrogen-bond acceptors (Lipinski definition) is 1. The van der Waals surface area contributed by atoms with Crippen LogP contribution >= 0.6 is 23.2 Å². The van der Waals surface area contributed by atoms with Crippen LogP contribution in [-0.2, 0) is 0 Å². The summed E-state index contributed by atoms with van der Waals surface area (Å²) >= 11 is 11.6. The Morgan fingerprint density at radius 2 is 1.75 bits per heavy atom. The summed E-state index contributed by atoms with van der Waals surface area (Å²) in [6.45, 7) is 1.55. The van der Waals surface area contributed by atoms with E-state index in [0.717, 1.165) is 12.1 Å². The van der Waals surface area contributed by atoms with E-state index in [1.54, 1.807) is 19.1 Å². The minimum atomic E-state index is -0.707. The fraction of sp³-hybridized carbons (Fsp3) is 0.0714. The van der Waals surface area contributed by atoms with Crippen LogP contribution in [0.4, 0.5) is 14.5 Å². The van der Waals surface area contributed by atoms with Crippen LogP contribution in [0.5, 0.6) is 0 Å². The Bertz CT molecular complexity index is 666. The molecule has 20 heavy (non-hydrogen) atoms. The highest BCUT2D eigenvalue weighted by Crippen LogP contribution is 2.31. The van der Waals surface area contributed by atoms with Crippen LogP contribution in [0, 0.1) is 18.6 Å². The number of benzene rings is 2. The third-order valence-electron chi connectivity index (χ3n) is 2.68. The molecule has 0 heterocycles. The molecular weight excluding hydrogens is 307 g/mol. The second kappa shape index (κ2) is 5.77. The first kappa shape index (κ1) is 14.8. The molecule has 0 bridgehead atoms. The summed E-state index contributed by atoms with van der Waals surface area (Å²) < 4.78 is 26.9. The van der Waals surface area contributed by atoms with Crippen LogP contribution in [0.1, 0.15) is 15.9 Å². The summed E-state index contributed by atoms with van der Waals surface area (Å²) in [6.07, 6.45) is 0. The van der Waals surface area contributed by atoms with Crippen LogP contribution in [0.15, 0.2) is 30.3 Å². The van der Waals surface area contributed by atoms with Crippen molar-refractivity contribution in [1.82, 2.24) is 0 Å². The maximum atomic E-state index is 13.8. The van der Waals surface area contributed by atoms with Crippen LogP contribution in [0.25, 0.3) is 0 Å². The van der Waals surface area contributed by atoms with Crippen molar-refractivity contribution in [2.45, 2.75) is 6.92 Å². The molecule has 6 heteroatoms. The van der Waals surface area contributed by atoms with Crippen LogP contribution in [-0.4, -0.2) is 5.91 Å². The van der Waals surface area contributed by atoms with E-state index in [0.29, 0.717) is 5.56 Å². The Balaban J connectivity index is 2.36. The molecule has 2 aromatic carbocycles. The van der Waals surface area contributed by atoms with Gasteiger partial charge in [-0.2, -0.15) is 0 Å². The summed E-state index contributed by atoms with van der Waals surface area (Å²) in [6, 6.07) is 6.46. The summed E-state index contributed by atoms with van der Waals surface area (Å²) in [7, 11) is 0. The standard InChI is InChI=1S/C14H9Cl2F2NO/c1-7-3-2-4-9(12(7)18)14(20)19-13-10(15)5-8(17)6-11(13)16/h2-6H,1H3,(H,19,20). The van der Waals surface area contributed by atoms with Crippen molar-refractivity contribution in [3.8, 4) is 0 Å². The molecule has 0 unspecified atom stereocenters. The third kappa shape index (κ3) is 2.92.